The second-order valence-corrected chi connectivity index (χ2v) is 8.82. The molecule has 6 heteroatoms. The Balaban J connectivity index is 2.15. The monoisotopic (exact) mass is 444 g/mol. The fourth-order valence-corrected chi connectivity index (χ4v) is 4.21. The Morgan fingerprint density at radius 2 is 1.84 bits per heavy atom. The molecule has 0 unspecified atom stereocenters. The van der Waals surface area contributed by atoms with Crippen molar-refractivity contribution in [3.05, 3.63) is 71.0 Å². The number of hydrogen-bond acceptors (Lipinski definition) is 3. The summed E-state index contributed by atoms with van der Waals surface area (Å²) >= 11 is 1.37. The quantitative estimate of drug-likeness (QED) is 0.525. The summed E-state index contributed by atoms with van der Waals surface area (Å²) in [6, 6.07) is 14.1. The number of nitrogens with one attached hydrogen (secondary N) is 1. The first kappa shape index (κ1) is 24.9. The molecule has 2 amide bonds. The highest BCUT2D eigenvalue weighted by molar-refractivity contribution is 7.99. The Kier molecular flexibility index (Phi) is 10.0. The van der Waals surface area contributed by atoms with E-state index in [0.717, 1.165) is 17.5 Å². The van der Waals surface area contributed by atoms with Gasteiger partial charge < -0.3 is 10.2 Å². The number of carbonyl (C=O) groups is 2. The van der Waals surface area contributed by atoms with Crippen LogP contribution in [0.3, 0.4) is 0 Å². The van der Waals surface area contributed by atoms with Crippen LogP contribution in [0.4, 0.5) is 4.39 Å². The summed E-state index contributed by atoms with van der Waals surface area (Å²) in [6.45, 7) is 8.27. The van der Waals surface area contributed by atoms with Gasteiger partial charge >= 0.3 is 0 Å². The molecule has 4 nitrogen and oxygen atoms in total. The van der Waals surface area contributed by atoms with E-state index in [1.807, 2.05) is 52.0 Å². The summed E-state index contributed by atoms with van der Waals surface area (Å²) < 4.78 is 13.9. The average molecular weight is 445 g/mol. The molecule has 0 saturated heterocycles. The lowest BCUT2D eigenvalue weighted by molar-refractivity contribution is -0.139. The van der Waals surface area contributed by atoms with Gasteiger partial charge in [0.25, 0.3) is 0 Å². The SMILES string of the molecule is CC[C@@H](C)NC(=O)[C@@H](CC)N(Cc1cccc(C)c1)C(=O)CSCc1ccccc1F. The van der Waals surface area contributed by atoms with Crippen LogP contribution < -0.4 is 5.32 Å². The molecule has 2 aromatic rings. The van der Waals surface area contributed by atoms with Crippen molar-refractivity contribution in [2.75, 3.05) is 5.75 Å². The summed E-state index contributed by atoms with van der Waals surface area (Å²) in [5, 5.41) is 3.01. The molecule has 2 rings (SSSR count). The van der Waals surface area contributed by atoms with Crippen molar-refractivity contribution >= 4 is 23.6 Å². The molecule has 0 spiro atoms. The van der Waals surface area contributed by atoms with E-state index in [1.165, 1.54) is 17.8 Å². The smallest absolute Gasteiger partial charge is 0.243 e. The molecule has 0 aliphatic heterocycles. The van der Waals surface area contributed by atoms with Gasteiger partial charge in [-0.25, -0.2) is 4.39 Å². The molecule has 0 heterocycles. The summed E-state index contributed by atoms with van der Waals surface area (Å²) in [5.41, 5.74) is 2.67. The van der Waals surface area contributed by atoms with E-state index in [1.54, 1.807) is 23.1 Å². The van der Waals surface area contributed by atoms with Crippen LogP contribution in [-0.2, 0) is 21.9 Å². The number of thioether (sulfide) groups is 1. The van der Waals surface area contributed by atoms with Gasteiger partial charge in [0.1, 0.15) is 11.9 Å². The van der Waals surface area contributed by atoms with E-state index in [-0.39, 0.29) is 29.4 Å². The fraction of sp³-hybridized carbons (Fsp3) is 0.440. The number of aryl methyl sites for hydroxylation is 1. The second kappa shape index (κ2) is 12.5. The molecule has 0 bridgehead atoms. The van der Waals surface area contributed by atoms with Crippen molar-refractivity contribution < 1.29 is 14.0 Å². The maximum atomic E-state index is 13.9. The van der Waals surface area contributed by atoms with Crippen molar-refractivity contribution in [3.63, 3.8) is 0 Å². The maximum Gasteiger partial charge on any atom is 0.243 e. The normalized spacial score (nSPS) is 12.8. The highest BCUT2D eigenvalue weighted by Crippen LogP contribution is 2.19. The van der Waals surface area contributed by atoms with Gasteiger partial charge in [0.05, 0.1) is 5.75 Å². The molecule has 0 radical (unpaired) electrons. The number of rotatable bonds is 11. The highest BCUT2D eigenvalue weighted by atomic mass is 32.2. The number of nitrogens with zero attached hydrogens (tertiary/aromatic N) is 1. The zero-order valence-electron chi connectivity index (χ0n) is 18.9. The third-order valence-electron chi connectivity index (χ3n) is 5.26. The first-order valence-corrected chi connectivity index (χ1v) is 12.0. The van der Waals surface area contributed by atoms with Crippen molar-refractivity contribution in [1.82, 2.24) is 10.2 Å². The number of halogens is 1. The summed E-state index contributed by atoms with van der Waals surface area (Å²) in [7, 11) is 0. The van der Waals surface area contributed by atoms with Crippen LogP contribution in [0.5, 0.6) is 0 Å². The summed E-state index contributed by atoms with van der Waals surface area (Å²) in [5.74, 6) is 0.0872. The van der Waals surface area contributed by atoms with Crippen LogP contribution >= 0.6 is 11.8 Å². The zero-order valence-corrected chi connectivity index (χ0v) is 19.7. The minimum absolute atomic E-state index is 0.0490. The Morgan fingerprint density at radius 3 is 2.48 bits per heavy atom. The Morgan fingerprint density at radius 1 is 1.10 bits per heavy atom. The van der Waals surface area contributed by atoms with Gasteiger partial charge in [-0.2, -0.15) is 0 Å². The van der Waals surface area contributed by atoms with Crippen LogP contribution in [0, 0.1) is 12.7 Å². The van der Waals surface area contributed by atoms with Gasteiger partial charge in [0.2, 0.25) is 11.8 Å². The van der Waals surface area contributed by atoms with E-state index in [9.17, 15) is 14.0 Å². The number of benzene rings is 2. The lowest BCUT2D eigenvalue weighted by Gasteiger charge is -2.31. The molecule has 1 N–H and O–H groups in total. The summed E-state index contributed by atoms with van der Waals surface area (Å²) in [6.07, 6.45) is 1.35. The first-order valence-electron chi connectivity index (χ1n) is 10.8. The molecule has 0 saturated carbocycles. The topological polar surface area (TPSA) is 49.4 Å². The van der Waals surface area contributed by atoms with Crippen LogP contribution in [0.15, 0.2) is 48.5 Å². The van der Waals surface area contributed by atoms with Crippen LogP contribution in [0.1, 0.15) is 50.3 Å². The summed E-state index contributed by atoms with van der Waals surface area (Å²) in [4.78, 5) is 27.8. The van der Waals surface area contributed by atoms with Gasteiger partial charge in [-0.05, 0) is 43.9 Å². The van der Waals surface area contributed by atoms with Crippen molar-refractivity contribution in [2.24, 2.45) is 0 Å². The van der Waals surface area contributed by atoms with Gasteiger partial charge in [-0.1, -0.05) is 61.9 Å². The second-order valence-electron chi connectivity index (χ2n) is 7.84. The van der Waals surface area contributed by atoms with E-state index in [4.69, 9.17) is 0 Å². The van der Waals surface area contributed by atoms with Gasteiger partial charge in [-0.3, -0.25) is 9.59 Å². The average Bonchev–Trinajstić information content (AvgIpc) is 2.74. The molecule has 31 heavy (non-hydrogen) atoms. The van der Waals surface area contributed by atoms with E-state index < -0.39 is 6.04 Å². The highest BCUT2D eigenvalue weighted by Gasteiger charge is 2.29. The largest absolute Gasteiger partial charge is 0.352 e. The lowest BCUT2D eigenvalue weighted by atomic mass is 10.1. The zero-order chi connectivity index (χ0) is 22.8. The maximum absolute atomic E-state index is 13.9. The predicted octanol–water partition coefficient (Wildman–Crippen LogP) is 5.09. The van der Waals surface area contributed by atoms with Crippen molar-refractivity contribution in [1.29, 1.82) is 0 Å². The molecule has 0 aliphatic rings. The number of hydrogen-bond donors (Lipinski definition) is 1. The molecule has 0 aliphatic carbocycles. The van der Waals surface area contributed by atoms with Gasteiger partial charge in [-0.15, -0.1) is 11.8 Å². The Labute approximate surface area is 189 Å². The fourth-order valence-electron chi connectivity index (χ4n) is 3.31. The minimum Gasteiger partial charge on any atom is -0.352 e. The van der Waals surface area contributed by atoms with Gasteiger partial charge in [0, 0.05) is 18.3 Å². The number of amides is 2. The molecule has 0 aromatic heterocycles. The van der Waals surface area contributed by atoms with Crippen molar-refractivity contribution in [2.45, 2.75) is 64.9 Å². The molecule has 0 fully saturated rings. The Bertz CT molecular complexity index is 874. The van der Waals surface area contributed by atoms with Crippen molar-refractivity contribution in [3.8, 4) is 0 Å². The van der Waals surface area contributed by atoms with Crippen LogP contribution in [-0.4, -0.2) is 34.6 Å². The molecular formula is C25H33FN2O2S. The van der Waals surface area contributed by atoms with E-state index in [0.29, 0.717) is 24.3 Å². The standard InChI is InChI=1S/C25H33FN2O2S/c1-5-19(4)27-25(30)23(6-2)28(15-20-11-9-10-18(3)14-20)24(29)17-31-16-21-12-7-8-13-22(21)26/h7-14,19,23H,5-6,15-17H2,1-4H3,(H,27,30)/t19-,23-/m1/s1. The van der Waals surface area contributed by atoms with E-state index >= 15 is 0 Å². The molecule has 2 aromatic carbocycles. The molecule has 2 atom stereocenters. The lowest BCUT2D eigenvalue weighted by Crippen LogP contribution is -2.51. The third-order valence-corrected chi connectivity index (χ3v) is 6.23. The first-order chi connectivity index (χ1) is 14.8. The molecule has 168 valence electrons. The van der Waals surface area contributed by atoms with Crippen LogP contribution in [0.2, 0.25) is 0 Å². The van der Waals surface area contributed by atoms with Crippen LogP contribution in [0.25, 0.3) is 0 Å². The number of carbonyl (C=O) groups excluding carboxylic acids is 2. The Hall–Kier alpha value is -2.34. The predicted molar refractivity (Wildman–Crippen MR) is 126 cm³/mol. The molecular weight excluding hydrogens is 411 g/mol. The minimum atomic E-state index is -0.545. The van der Waals surface area contributed by atoms with Gasteiger partial charge in [0.15, 0.2) is 0 Å². The third kappa shape index (κ3) is 7.69. The van der Waals surface area contributed by atoms with E-state index in [2.05, 4.69) is 5.32 Å².